The van der Waals surface area contributed by atoms with E-state index in [0.29, 0.717) is 36.6 Å². The van der Waals surface area contributed by atoms with Gasteiger partial charge in [0.15, 0.2) is 5.82 Å². The van der Waals surface area contributed by atoms with E-state index in [-0.39, 0.29) is 6.04 Å². The second-order valence-electron chi connectivity index (χ2n) is 4.58. The van der Waals surface area contributed by atoms with Crippen LogP contribution >= 0.6 is 0 Å². The molecule has 1 heterocycles. The van der Waals surface area contributed by atoms with E-state index in [1.54, 1.807) is 20.3 Å². The summed E-state index contributed by atoms with van der Waals surface area (Å²) in [6.45, 7) is 5.18. The molecule has 0 fully saturated rings. The fourth-order valence-corrected chi connectivity index (χ4v) is 1.61. The van der Waals surface area contributed by atoms with Crippen molar-refractivity contribution in [2.75, 3.05) is 31.6 Å². The molecule has 1 aromatic rings. The molecule has 1 rings (SSSR count). The van der Waals surface area contributed by atoms with Crippen molar-refractivity contribution >= 4 is 11.6 Å². The summed E-state index contributed by atoms with van der Waals surface area (Å²) < 4.78 is 10.2. The highest BCUT2D eigenvalue weighted by Crippen LogP contribution is 2.15. The topological polar surface area (TPSA) is 94.3 Å². The minimum atomic E-state index is 0.168. The molecule has 7 nitrogen and oxygen atoms in total. The highest BCUT2D eigenvalue weighted by atomic mass is 16.5. The molecule has 1 aromatic heterocycles. The van der Waals surface area contributed by atoms with E-state index in [0.717, 1.165) is 0 Å². The Morgan fingerprint density at radius 3 is 2.42 bits per heavy atom. The van der Waals surface area contributed by atoms with Gasteiger partial charge in [0, 0.05) is 20.3 Å². The van der Waals surface area contributed by atoms with E-state index in [1.807, 2.05) is 0 Å². The standard InChI is InChI=1S/C12H23N5O2/c1-8(2)9(6-18-3)14-10-5-11(17-13)16-12(15-10)7-19-4/h5,8-9H,6-7,13H2,1-4H3,(H2,14,15,16,17). The quantitative estimate of drug-likeness (QED) is 0.478. The Morgan fingerprint density at radius 2 is 1.89 bits per heavy atom. The van der Waals surface area contributed by atoms with Gasteiger partial charge >= 0.3 is 0 Å². The smallest absolute Gasteiger partial charge is 0.158 e. The van der Waals surface area contributed by atoms with Crippen molar-refractivity contribution in [2.24, 2.45) is 11.8 Å². The van der Waals surface area contributed by atoms with Crippen molar-refractivity contribution in [3.63, 3.8) is 0 Å². The first-order chi connectivity index (χ1) is 9.10. The second kappa shape index (κ2) is 7.88. The van der Waals surface area contributed by atoms with Crippen LogP contribution in [0.5, 0.6) is 0 Å². The maximum atomic E-state index is 5.40. The first-order valence-electron chi connectivity index (χ1n) is 6.19. The average Bonchev–Trinajstić information content (AvgIpc) is 2.38. The van der Waals surface area contributed by atoms with Gasteiger partial charge in [0.1, 0.15) is 18.2 Å². The van der Waals surface area contributed by atoms with Crippen LogP contribution in [-0.2, 0) is 16.1 Å². The molecular weight excluding hydrogens is 246 g/mol. The highest BCUT2D eigenvalue weighted by molar-refractivity contribution is 5.47. The normalized spacial score (nSPS) is 12.5. The number of nitrogens with two attached hydrogens (primary N) is 1. The lowest BCUT2D eigenvalue weighted by molar-refractivity contribution is 0.170. The third-order valence-electron chi connectivity index (χ3n) is 2.68. The summed E-state index contributed by atoms with van der Waals surface area (Å²) in [5.41, 5.74) is 2.52. The number of hydrogen-bond donors (Lipinski definition) is 3. The molecule has 0 saturated carbocycles. The third-order valence-corrected chi connectivity index (χ3v) is 2.68. The average molecular weight is 269 g/mol. The van der Waals surface area contributed by atoms with Gasteiger partial charge in [-0.3, -0.25) is 0 Å². The predicted molar refractivity (Wildman–Crippen MR) is 74.7 cm³/mol. The number of aromatic nitrogens is 2. The molecule has 7 heteroatoms. The summed E-state index contributed by atoms with van der Waals surface area (Å²) in [4.78, 5) is 8.57. The number of rotatable bonds is 8. The largest absolute Gasteiger partial charge is 0.383 e. The fraction of sp³-hybridized carbons (Fsp3) is 0.667. The van der Waals surface area contributed by atoms with Crippen LogP contribution in [0.1, 0.15) is 19.7 Å². The van der Waals surface area contributed by atoms with Crippen molar-refractivity contribution in [3.05, 3.63) is 11.9 Å². The predicted octanol–water partition coefficient (Wildman–Crippen LogP) is 0.991. The first kappa shape index (κ1) is 15.6. The molecule has 0 aromatic carbocycles. The molecule has 0 amide bonds. The zero-order valence-corrected chi connectivity index (χ0v) is 11.9. The van der Waals surface area contributed by atoms with Crippen LogP contribution in [0.4, 0.5) is 11.6 Å². The van der Waals surface area contributed by atoms with Crippen LogP contribution in [0.2, 0.25) is 0 Å². The van der Waals surface area contributed by atoms with Crippen molar-refractivity contribution < 1.29 is 9.47 Å². The monoisotopic (exact) mass is 269 g/mol. The van der Waals surface area contributed by atoms with E-state index < -0.39 is 0 Å². The van der Waals surface area contributed by atoms with Crippen LogP contribution in [0, 0.1) is 5.92 Å². The second-order valence-corrected chi connectivity index (χ2v) is 4.58. The number of hydrogen-bond acceptors (Lipinski definition) is 7. The molecule has 0 aliphatic rings. The Morgan fingerprint density at radius 1 is 1.21 bits per heavy atom. The van der Waals surface area contributed by atoms with Crippen LogP contribution in [-0.4, -0.2) is 36.8 Å². The Hall–Kier alpha value is -1.44. The minimum absolute atomic E-state index is 0.168. The van der Waals surface area contributed by atoms with Crippen molar-refractivity contribution in [1.29, 1.82) is 0 Å². The summed E-state index contributed by atoms with van der Waals surface area (Å²) in [5, 5.41) is 3.33. The molecule has 0 bridgehead atoms. The van der Waals surface area contributed by atoms with Gasteiger partial charge in [0.25, 0.3) is 0 Å². The van der Waals surface area contributed by atoms with Gasteiger partial charge in [-0.25, -0.2) is 15.8 Å². The highest BCUT2D eigenvalue weighted by Gasteiger charge is 2.14. The zero-order valence-electron chi connectivity index (χ0n) is 11.9. The lowest BCUT2D eigenvalue weighted by Gasteiger charge is -2.22. The first-order valence-corrected chi connectivity index (χ1v) is 6.19. The lowest BCUT2D eigenvalue weighted by atomic mass is 10.1. The molecule has 0 aliphatic carbocycles. The molecule has 1 unspecified atom stereocenters. The number of methoxy groups -OCH3 is 2. The lowest BCUT2D eigenvalue weighted by Crippen LogP contribution is -2.31. The zero-order chi connectivity index (χ0) is 14.3. The van der Waals surface area contributed by atoms with Gasteiger partial charge in [0.05, 0.1) is 12.6 Å². The molecule has 0 aliphatic heterocycles. The van der Waals surface area contributed by atoms with Crippen LogP contribution in [0.3, 0.4) is 0 Å². The summed E-state index contributed by atoms with van der Waals surface area (Å²) in [6.07, 6.45) is 0. The molecule has 4 N–H and O–H groups in total. The number of nitrogen functional groups attached to an aromatic ring is 1. The summed E-state index contributed by atoms with van der Waals surface area (Å²) in [7, 11) is 3.28. The number of anilines is 2. The molecule has 0 saturated heterocycles. The number of ether oxygens (including phenoxy) is 2. The summed E-state index contributed by atoms with van der Waals surface area (Å²) in [5.74, 6) is 7.63. The Balaban J connectivity index is 2.88. The van der Waals surface area contributed by atoms with Crippen molar-refractivity contribution in [2.45, 2.75) is 26.5 Å². The fourth-order valence-electron chi connectivity index (χ4n) is 1.61. The van der Waals surface area contributed by atoms with E-state index in [9.17, 15) is 0 Å². The number of nitrogens with zero attached hydrogens (tertiary/aromatic N) is 2. The van der Waals surface area contributed by atoms with Gasteiger partial charge in [-0.15, -0.1) is 0 Å². The van der Waals surface area contributed by atoms with Crippen LogP contribution in [0.25, 0.3) is 0 Å². The third kappa shape index (κ3) is 4.98. The molecule has 0 radical (unpaired) electrons. The molecule has 19 heavy (non-hydrogen) atoms. The Bertz CT molecular complexity index is 386. The molecule has 108 valence electrons. The Labute approximate surface area is 113 Å². The van der Waals surface area contributed by atoms with Crippen molar-refractivity contribution in [1.82, 2.24) is 9.97 Å². The number of nitrogens with one attached hydrogen (secondary N) is 2. The SMILES string of the molecule is COCc1nc(NN)cc(NC(COC)C(C)C)n1. The summed E-state index contributed by atoms with van der Waals surface area (Å²) in [6, 6.07) is 1.92. The maximum Gasteiger partial charge on any atom is 0.158 e. The number of hydrazine groups is 1. The van der Waals surface area contributed by atoms with Gasteiger partial charge < -0.3 is 20.2 Å². The molecule has 0 spiro atoms. The molecular formula is C12H23N5O2. The van der Waals surface area contributed by atoms with E-state index in [2.05, 4.69) is 34.6 Å². The van der Waals surface area contributed by atoms with Gasteiger partial charge in [0.2, 0.25) is 0 Å². The van der Waals surface area contributed by atoms with Gasteiger partial charge in [-0.05, 0) is 5.92 Å². The summed E-state index contributed by atoms with van der Waals surface area (Å²) >= 11 is 0. The van der Waals surface area contributed by atoms with E-state index >= 15 is 0 Å². The van der Waals surface area contributed by atoms with Gasteiger partial charge in [-0.1, -0.05) is 13.8 Å². The van der Waals surface area contributed by atoms with Gasteiger partial charge in [-0.2, -0.15) is 0 Å². The van der Waals surface area contributed by atoms with Crippen molar-refractivity contribution in [3.8, 4) is 0 Å². The van der Waals surface area contributed by atoms with Crippen LogP contribution < -0.4 is 16.6 Å². The van der Waals surface area contributed by atoms with E-state index in [1.165, 1.54) is 0 Å². The molecule has 1 atom stereocenters. The van der Waals surface area contributed by atoms with Crippen LogP contribution in [0.15, 0.2) is 6.07 Å². The Kier molecular flexibility index (Phi) is 6.48. The minimum Gasteiger partial charge on any atom is -0.383 e. The van der Waals surface area contributed by atoms with E-state index in [4.69, 9.17) is 15.3 Å². The maximum absolute atomic E-state index is 5.40.